The minimum Gasteiger partial charge on any atom is -0.475 e. The number of hydrogen-bond acceptors (Lipinski definition) is 8. The molecule has 0 spiro atoms. The van der Waals surface area contributed by atoms with Crippen LogP contribution in [0, 0.1) is 6.92 Å². The molecular weight excluding hydrogens is 493 g/mol. The maximum atomic E-state index is 11.9. The molecule has 2 aromatic heterocycles. The smallest absolute Gasteiger partial charge is 0.475 e. The van der Waals surface area contributed by atoms with Gasteiger partial charge in [0.15, 0.2) is 5.65 Å². The fourth-order valence-corrected chi connectivity index (χ4v) is 3.81. The van der Waals surface area contributed by atoms with Crippen LogP contribution in [-0.4, -0.2) is 56.5 Å². The average Bonchev–Trinajstić information content (AvgIpc) is 3.32. The van der Waals surface area contributed by atoms with Crippen molar-refractivity contribution in [3.8, 4) is 0 Å². The molecule has 1 fully saturated rings. The van der Waals surface area contributed by atoms with Crippen molar-refractivity contribution in [1.29, 1.82) is 0 Å². The molecule has 0 aliphatic heterocycles. The summed E-state index contributed by atoms with van der Waals surface area (Å²) < 4.78 is 38.6. The van der Waals surface area contributed by atoms with Gasteiger partial charge in [0.05, 0.1) is 18.4 Å². The van der Waals surface area contributed by atoms with Crippen molar-refractivity contribution in [1.82, 2.24) is 14.6 Å². The molecule has 4 rings (SSSR count). The number of fused-ring (bicyclic) bond motifs is 1. The van der Waals surface area contributed by atoms with E-state index in [-0.39, 0.29) is 5.97 Å². The average molecular weight is 523 g/mol. The summed E-state index contributed by atoms with van der Waals surface area (Å²) in [5.41, 5.74) is 9.16. The summed E-state index contributed by atoms with van der Waals surface area (Å²) in [6.07, 6.45) is 0.808. The molecule has 0 radical (unpaired) electrons. The normalized spacial score (nSPS) is 17.5. The van der Waals surface area contributed by atoms with Crippen LogP contribution in [-0.2, 0) is 9.53 Å². The number of nitrogens with two attached hydrogens (primary N) is 1. The Bertz CT molecular complexity index is 1220. The summed E-state index contributed by atoms with van der Waals surface area (Å²) >= 11 is 0. The van der Waals surface area contributed by atoms with Crippen molar-refractivity contribution in [2.24, 2.45) is 5.73 Å². The van der Waals surface area contributed by atoms with Crippen LogP contribution in [0.2, 0.25) is 0 Å². The van der Waals surface area contributed by atoms with Gasteiger partial charge in [-0.1, -0.05) is 0 Å². The number of benzene rings is 1. The van der Waals surface area contributed by atoms with Crippen molar-refractivity contribution in [2.45, 2.75) is 57.8 Å². The zero-order valence-corrected chi connectivity index (χ0v) is 20.4. The first-order chi connectivity index (χ1) is 17.5. The van der Waals surface area contributed by atoms with Crippen molar-refractivity contribution < 1.29 is 32.6 Å². The third kappa shape index (κ3) is 7.32. The lowest BCUT2D eigenvalue weighted by Crippen LogP contribution is -2.33. The fraction of sp³-hybridized carbons (Fsp3) is 0.417. The SMILES string of the molecule is CCOC(=O)c1ccc(Nc2c(C)c(NC3CCC(N)CC3)nc3ccnn23)cc1.O=C(O)C(F)(F)F. The summed E-state index contributed by atoms with van der Waals surface area (Å²) in [7, 11) is 0. The van der Waals surface area contributed by atoms with Gasteiger partial charge in [0.2, 0.25) is 0 Å². The predicted octanol–water partition coefficient (Wildman–Crippen LogP) is 4.27. The molecule has 3 aromatic rings. The van der Waals surface area contributed by atoms with Crippen LogP contribution in [0.25, 0.3) is 5.65 Å². The predicted molar refractivity (Wildman–Crippen MR) is 131 cm³/mol. The number of nitrogens with one attached hydrogen (secondary N) is 2. The minimum atomic E-state index is -5.08. The maximum absolute atomic E-state index is 11.9. The Morgan fingerprint density at radius 3 is 2.35 bits per heavy atom. The highest BCUT2D eigenvalue weighted by atomic mass is 19.4. The second-order valence-electron chi connectivity index (χ2n) is 8.52. The molecule has 1 aliphatic rings. The highest BCUT2D eigenvalue weighted by molar-refractivity contribution is 5.90. The molecule has 0 bridgehead atoms. The number of aliphatic carboxylic acids is 1. The number of nitrogens with zero attached hydrogens (tertiary/aromatic N) is 3. The first-order valence-corrected chi connectivity index (χ1v) is 11.7. The van der Waals surface area contributed by atoms with Gasteiger partial charge in [0.1, 0.15) is 11.6 Å². The van der Waals surface area contributed by atoms with Gasteiger partial charge in [-0.2, -0.15) is 22.8 Å². The lowest BCUT2D eigenvalue weighted by molar-refractivity contribution is -0.192. The Balaban J connectivity index is 0.000000479. The number of carboxylic acid groups (broad SMARTS) is 1. The van der Waals surface area contributed by atoms with Gasteiger partial charge in [-0.25, -0.2) is 14.6 Å². The van der Waals surface area contributed by atoms with Gasteiger partial charge >= 0.3 is 18.1 Å². The number of rotatable bonds is 6. The number of carboxylic acids is 1. The number of esters is 1. The van der Waals surface area contributed by atoms with Crippen molar-refractivity contribution in [3.63, 3.8) is 0 Å². The molecule has 0 unspecified atom stereocenters. The Morgan fingerprint density at radius 1 is 1.16 bits per heavy atom. The van der Waals surface area contributed by atoms with Gasteiger partial charge in [-0.05, 0) is 63.8 Å². The van der Waals surface area contributed by atoms with E-state index in [2.05, 4.69) is 15.7 Å². The molecule has 1 saturated carbocycles. The third-order valence-electron chi connectivity index (χ3n) is 5.79. The second kappa shape index (κ2) is 11.9. The molecule has 1 aromatic carbocycles. The Morgan fingerprint density at radius 2 is 1.78 bits per heavy atom. The van der Waals surface area contributed by atoms with E-state index in [4.69, 9.17) is 25.4 Å². The van der Waals surface area contributed by atoms with Gasteiger partial charge in [-0.3, -0.25) is 0 Å². The van der Waals surface area contributed by atoms with Crippen molar-refractivity contribution >= 4 is 34.9 Å². The highest BCUT2D eigenvalue weighted by Crippen LogP contribution is 2.29. The first-order valence-electron chi connectivity index (χ1n) is 11.7. The number of halogens is 3. The van der Waals surface area contributed by atoms with Gasteiger partial charge < -0.3 is 26.2 Å². The largest absolute Gasteiger partial charge is 0.490 e. The third-order valence-corrected chi connectivity index (χ3v) is 5.79. The van der Waals surface area contributed by atoms with E-state index in [1.165, 1.54) is 0 Å². The van der Waals surface area contributed by atoms with Crippen LogP contribution in [0.15, 0.2) is 36.5 Å². The minimum absolute atomic E-state index is 0.309. The molecule has 13 heteroatoms. The number of carbonyl (C=O) groups excluding carboxylic acids is 1. The Labute approximate surface area is 211 Å². The van der Waals surface area contributed by atoms with E-state index in [0.717, 1.165) is 54.2 Å². The number of ether oxygens (including phenoxy) is 1. The molecule has 5 N–H and O–H groups in total. The summed E-state index contributed by atoms with van der Waals surface area (Å²) in [6, 6.07) is 9.79. The van der Waals surface area contributed by atoms with E-state index in [1.807, 2.05) is 25.1 Å². The number of anilines is 3. The molecule has 2 heterocycles. The van der Waals surface area contributed by atoms with Crippen LogP contribution in [0.1, 0.15) is 48.5 Å². The Kier molecular flexibility index (Phi) is 8.92. The lowest BCUT2D eigenvalue weighted by Gasteiger charge is -2.28. The zero-order chi connectivity index (χ0) is 27.2. The number of aromatic nitrogens is 3. The summed E-state index contributed by atoms with van der Waals surface area (Å²) in [5.74, 6) is -1.39. The van der Waals surface area contributed by atoms with Crippen molar-refractivity contribution in [2.75, 3.05) is 17.2 Å². The topological polar surface area (TPSA) is 144 Å². The standard InChI is InChI=1S/C22H28N6O2.C2HF3O2/c1-3-30-22(29)15-4-8-18(9-5-15)26-21-14(2)20(27-19-12-13-24-28(19)21)25-17-10-6-16(23)7-11-17;3-2(4,5)1(6)7/h4-5,8-9,12-13,16-17,26H,3,6-7,10-11,23H2,1-2H3,(H,25,27);(H,6,7). The van der Waals surface area contributed by atoms with Crippen LogP contribution >= 0.6 is 0 Å². The monoisotopic (exact) mass is 522 g/mol. The van der Waals surface area contributed by atoms with Crippen LogP contribution in [0.3, 0.4) is 0 Å². The lowest BCUT2D eigenvalue weighted by atomic mass is 9.92. The van der Waals surface area contributed by atoms with E-state index in [1.54, 1.807) is 29.8 Å². The fourth-order valence-electron chi connectivity index (χ4n) is 3.81. The number of carbonyl (C=O) groups is 2. The van der Waals surface area contributed by atoms with E-state index >= 15 is 0 Å². The van der Waals surface area contributed by atoms with Crippen LogP contribution in [0.4, 0.5) is 30.5 Å². The molecule has 10 nitrogen and oxygen atoms in total. The summed E-state index contributed by atoms with van der Waals surface area (Å²) in [5, 5.41) is 18.6. The zero-order valence-electron chi connectivity index (χ0n) is 20.4. The Hall–Kier alpha value is -3.87. The molecule has 0 saturated heterocycles. The number of hydrogen-bond donors (Lipinski definition) is 4. The van der Waals surface area contributed by atoms with E-state index in [0.29, 0.717) is 24.3 Å². The van der Waals surface area contributed by atoms with Crippen molar-refractivity contribution in [3.05, 3.63) is 47.7 Å². The van der Waals surface area contributed by atoms with Gasteiger partial charge in [0.25, 0.3) is 0 Å². The molecule has 37 heavy (non-hydrogen) atoms. The molecule has 0 atom stereocenters. The maximum Gasteiger partial charge on any atom is 0.490 e. The van der Waals surface area contributed by atoms with Crippen LogP contribution < -0.4 is 16.4 Å². The number of alkyl halides is 3. The molecule has 1 aliphatic carbocycles. The van der Waals surface area contributed by atoms with Crippen LogP contribution in [0.5, 0.6) is 0 Å². The molecular formula is C24H29F3N6O4. The summed E-state index contributed by atoms with van der Waals surface area (Å²) in [6.45, 7) is 4.18. The van der Waals surface area contributed by atoms with E-state index < -0.39 is 12.1 Å². The summed E-state index contributed by atoms with van der Waals surface area (Å²) in [4.78, 5) is 25.5. The highest BCUT2D eigenvalue weighted by Gasteiger charge is 2.38. The molecule has 200 valence electrons. The van der Waals surface area contributed by atoms with E-state index in [9.17, 15) is 18.0 Å². The first kappa shape index (κ1) is 27.7. The molecule has 0 amide bonds. The quantitative estimate of drug-likeness (QED) is 0.349. The second-order valence-corrected chi connectivity index (χ2v) is 8.52. The van der Waals surface area contributed by atoms with Gasteiger partial charge in [0, 0.05) is 29.4 Å². The van der Waals surface area contributed by atoms with Gasteiger partial charge in [-0.15, -0.1) is 0 Å².